The van der Waals surface area contributed by atoms with Crippen LogP contribution < -0.4 is 0 Å². The molecule has 0 aromatic rings. The van der Waals surface area contributed by atoms with Gasteiger partial charge in [0.1, 0.15) is 0 Å². The van der Waals surface area contributed by atoms with E-state index in [4.69, 9.17) is 5.11 Å². The molecule has 0 aliphatic heterocycles. The lowest BCUT2D eigenvalue weighted by Gasteiger charge is -2.02. The largest absolute Gasteiger partial charge is 0.391 e. The van der Waals surface area contributed by atoms with E-state index in [1.54, 1.807) is 7.11 Å². The summed E-state index contributed by atoms with van der Waals surface area (Å²) in [5.74, 6) is 0. The summed E-state index contributed by atoms with van der Waals surface area (Å²) in [6, 6.07) is 0. The van der Waals surface area contributed by atoms with Crippen molar-refractivity contribution in [1.82, 2.24) is 0 Å². The van der Waals surface area contributed by atoms with Crippen LogP contribution in [0.4, 0.5) is 0 Å². The Morgan fingerprint density at radius 1 is 1.44 bits per heavy atom. The third-order valence-corrected chi connectivity index (χ3v) is 0.830. The van der Waals surface area contributed by atoms with Crippen LogP contribution in [0, 0.1) is 0 Å². The average Bonchev–Trinajstić information content (AvgIpc) is 1.68. The van der Waals surface area contributed by atoms with Crippen LogP contribution in [0.2, 0.25) is 0 Å². The van der Waals surface area contributed by atoms with Crippen LogP contribution in [0.25, 0.3) is 0 Å². The van der Waals surface area contributed by atoms with Crippen LogP contribution >= 0.6 is 0 Å². The lowest BCUT2D eigenvalue weighted by Crippen LogP contribution is -2.11. The molecule has 0 aromatic heterocycles. The minimum absolute atomic E-state index is 0. The van der Waals surface area contributed by atoms with Crippen molar-refractivity contribution in [3.63, 3.8) is 0 Å². The van der Waals surface area contributed by atoms with Gasteiger partial charge in [-0.15, -0.1) is 0 Å². The molecule has 0 bridgehead atoms. The molecule has 0 aliphatic rings. The molecule has 1 unspecified atom stereocenters. The summed E-state index contributed by atoms with van der Waals surface area (Å²) in [5.41, 5.74) is 0. The minimum atomic E-state index is -0.273. The summed E-state index contributed by atoms with van der Waals surface area (Å²) >= 11 is 0. The zero-order chi connectivity index (χ0) is 5.70. The van der Waals surface area contributed by atoms with Gasteiger partial charge in [-0.05, 0) is 6.42 Å². The van der Waals surface area contributed by atoms with Crippen LogP contribution in [-0.4, -0.2) is 24.9 Å². The molecule has 2 heteroatoms. The van der Waals surface area contributed by atoms with Crippen molar-refractivity contribution in [3.8, 4) is 0 Å². The fourth-order valence-corrected chi connectivity index (χ4v) is 0.310. The SMILES string of the molecule is C.C.CCC(O)COC. The molecule has 0 amide bonds. The first-order valence-electron chi connectivity index (χ1n) is 2.48. The highest BCUT2D eigenvalue weighted by atomic mass is 16.5. The maximum atomic E-state index is 8.73. The van der Waals surface area contributed by atoms with Gasteiger partial charge in [0.15, 0.2) is 0 Å². The molecule has 0 aromatic carbocycles. The van der Waals surface area contributed by atoms with Crippen molar-refractivity contribution in [1.29, 1.82) is 0 Å². The van der Waals surface area contributed by atoms with Gasteiger partial charge in [-0.25, -0.2) is 0 Å². The fourth-order valence-electron chi connectivity index (χ4n) is 0.310. The van der Waals surface area contributed by atoms with Gasteiger partial charge in [0.05, 0.1) is 12.7 Å². The van der Waals surface area contributed by atoms with E-state index in [9.17, 15) is 0 Å². The summed E-state index contributed by atoms with van der Waals surface area (Å²) in [4.78, 5) is 0. The first-order valence-corrected chi connectivity index (χ1v) is 2.48. The molecule has 0 rings (SSSR count). The standard InChI is InChI=1S/C5H12O2.2CH4/c1-3-5(6)4-7-2;;/h5-6H,3-4H2,1-2H3;2*1H4. The fraction of sp³-hybridized carbons (Fsp3) is 1.00. The maximum absolute atomic E-state index is 8.73. The average molecular weight is 136 g/mol. The third kappa shape index (κ3) is 11.5. The lowest BCUT2D eigenvalue weighted by molar-refractivity contribution is 0.0625. The molecule has 2 nitrogen and oxygen atoms in total. The Bertz CT molecular complexity index is 37.9. The highest BCUT2D eigenvalue weighted by molar-refractivity contribution is 4.45. The molecule has 0 radical (unpaired) electrons. The third-order valence-electron chi connectivity index (χ3n) is 0.830. The Hall–Kier alpha value is -0.0800. The Kier molecular flexibility index (Phi) is 19.2. The second kappa shape index (κ2) is 10.8. The van der Waals surface area contributed by atoms with E-state index in [1.807, 2.05) is 6.92 Å². The number of hydrogen-bond donors (Lipinski definition) is 1. The van der Waals surface area contributed by atoms with Crippen molar-refractivity contribution in [2.45, 2.75) is 34.3 Å². The number of methoxy groups -OCH3 is 1. The summed E-state index contributed by atoms with van der Waals surface area (Å²) in [6.07, 6.45) is 0.499. The second-order valence-corrected chi connectivity index (χ2v) is 1.52. The molecule has 0 spiro atoms. The summed E-state index contributed by atoms with van der Waals surface area (Å²) in [6.45, 7) is 2.38. The van der Waals surface area contributed by atoms with Gasteiger partial charge in [-0.3, -0.25) is 0 Å². The smallest absolute Gasteiger partial charge is 0.0770 e. The van der Waals surface area contributed by atoms with Crippen molar-refractivity contribution in [3.05, 3.63) is 0 Å². The van der Waals surface area contributed by atoms with E-state index in [-0.39, 0.29) is 21.0 Å². The predicted molar refractivity (Wildman–Crippen MR) is 41.6 cm³/mol. The molecule has 0 saturated carbocycles. The Morgan fingerprint density at radius 3 is 2.00 bits per heavy atom. The summed E-state index contributed by atoms with van der Waals surface area (Å²) < 4.78 is 4.64. The quantitative estimate of drug-likeness (QED) is 0.639. The highest BCUT2D eigenvalue weighted by Crippen LogP contribution is 1.87. The van der Waals surface area contributed by atoms with Crippen molar-refractivity contribution in [2.24, 2.45) is 0 Å². The molecular weight excluding hydrogens is 116 g/mol. The Morgan fingerprint density at radius 2 is 1.89 bits per heavy atom. The van der Waals surface area contributed by atoms with Crippen LogP contribution in [0.3, 0.4) is 0 Å². The second-order valence-electron chi connectivity index (χ2n) is 1.52. The zero-order valence-corrected chi connectivity index (χ0v) is 4.85. The van der Waals surface area contributed by atoms with Crippen LogP contribution in [0.15, 0.2) is 0 Å². The van der Waals surface area contributed by atoms with E-state index in [0.29, 0.717) is 6.61 Å². The number of rotatable bonds is 3. The number of aliphatic hydroxyl groups excluding tert-OH is 1. The van der Waals surface area contributed by atoms with Gasteiger partial charge in [-0.1, -0.05) is 21.8 Å². The van der Waals surface area contributed by atoms with Gasteiger partial charge in [-0.2, -0.15) is 0 Å². The van der Waals surface area contributed by atoms with Crippen LogP contribution in [0.5, 0.6) is 0 Å². The van der Waals surface area contributed by atoms with Crippen molar-refractivity contribution >= 4 is 0 Å². The van der Waals surface area contributed by atoms with Gasteiger partial charge in [0.25, 0.3) is 0 Å². The normalized spacial score (nSPS) is 11.0. The molecule has 0 saturated heterocycles. The molecule has 0 heterocycles. The van der Waals surface area contributed by atoms with E-state index in [1.165, 1.54) is 0 Å². The first kappa shape index (κ1) is 16.0. The molecule has 1 atom stereocenters. The van der Waals surface area contributed by atoms with Crippen LogP contribution in [0.1, 0.15) is 28.2 Å². The number of aliphatic hydroxyl groups is 1. The highest BCUT2D eigenvalue weighted by Gasteiger charge is 1.95. The maximum Gasteiger partial charge on any atom is 0.0770 e. The summed E-state index contributed by atoms with van der Waals surface area (Å²) in [5, 5.41) is 8.73. The first-order chi connectivity index (χ1) is 3.31. The van der Waals surface area contributed by atoms with Crippen LogP contribution in [-0.2, 0) is 4.74 Å². The van der Waals surface area contributed by atoms with Gasteiger partial charge in [0.2, 0.25) is 0 Å². The van der Waals surface area contributed by atoms with Gasteiger partial charge < -0.3 is 9.84 Å². The van der Waals surface area contributed by atoms with E-state index >= 15 is 0 Å². The van der Waals surface area contributed by atoms with Gasteiger partial charge in [0, 0.05) is 7.11 Å². The molecular formula is C7H20O2. The van der Waals surface area contributed by atoms with E-state index < -0.39 is 0 Å². The minimum Gasteiger partial charge on any atom is -0.391 e. The molecule has 0 aliphatic carbocycles. The Labute approximate surface area is 58.8 Å². The molecule has 0 fully saturated rings. The van der Waals surface area contributed by atoms with Gasteiger partial charge >= 0.3 is 0 Å². The molecule has 1 N–H and O–H groups in total. The number of ether oxygens (including phenoxy) is 1. The van der Waals surface area contributed by atoms with Crippen molar-refractivity contribution in [2.75, 3.05) is 13.7 Å². The molecule has 60 valence electrons. The monoisotopic (exact) mass is 136 g/mol. The zero-order valence-electron chi connectivity index (χ0n) is 4.85. The van der Waals surface area contributed by atoms with Crippen molar-refractivity contribution < 1.29 is 9.84 Å². The van der Waals surface area contributed by atoms with E-state index in [2.05, 4.69) is 4.74 Å². The molecule has 9 heavy (non-hydrogen) atoms. The topological polar surface area (TPSA) is 29.5 Å². The predicted octanol–water partition coefficient (Wildman–Crippen LogP) is 1.68. The lowest BCUT2D eigenvalue weighted by atomic mass is 10.3. The Balaban J connectivity index is -0.000000180. The van der Waals surface area contributed by atoms with E-state index in [0.717, 1.165) is 6.42 Å². The number of hydrogen-bond acceptors (Lipinski definition) is 2. The summed E-state index contributed by atoms with van der Waals surface area (Å²) in [7, 11) is 1.58.